The zero-order chi connectivity index (χ0) is 98.9. The lowest BCUT2D eigenvalue weighted by Gasteiger charge is -2.24. The van der Waals surface area contributed by atoms with Crippen LogP contribution < -0.4 is 28.4 Å². The van der Waals surface area contributed by atoms with Crippen LogP contribution in [0, 0.1) is 107 Å². The third kappa shape index (κ3) is 62.2. The van der Waals surface area contributed by atoms with E-state index in [1.807, 2.05) is 0 Å². The molecule has 784 valence electrons. The Labute approximate surface area is 843 Å². The highest BCUT2D eigenvalue weighted by atomic mass is 16.5. The molecular formula is C129H232O6. The molecule has 0 aliphatic rings. The number of benzene rings is 3. The van der Waals surface area contributed by atoms with E-state index in [0.717, 1.165) is 117 Å². The SMILES string of the molecule is CCCC(C)CCCCC(CCC(C)CCC)COc1cc(OCC(CCCCC(C)CCC)CCC(C)CCC)c(/C=C/c2ccc(/C=C/c3c(OCC(CCCCC(C)CCC)CCC(C)CCC)cc(OCC(CCCCC(C)CC)CCC(C)CCC)cc3OCC(CCCCC(C)CCC)CCC(C)CCC)cc2)c(OCC(CCCCC(C)CCC)CCC(C)CCC)c1. The van der Waals surface area contributed by atoms with Crippen molar-refractivity contribution < 1.29 is 28.4 Å². The van der Waals surface area contributed by atoms with Crippen LogP contribution in [0.15, 0.2) is 48.5 Å². The van der Waals surface area contributed by atoms with Crippen LogP contribution in [0.1, 0.15) is 567 Å². The van der Waals surface area contributed by atoms with E-state index in [-0.39, 0.29) is 0 Å². The minimum absolute atomic E-state index is 0.462. The second-order valence-corrected chi connectivity index (χ2v) is 46.6. The van der Waals surface area contributed by atoms with Gasteiger partial charge in [-0.2, -0.15) is 0 Å². The molecule has 0 N–H and O–H groups in total. The van der Waals surface area contributed by atoms with Crippen molar-refractivity contribution >= 4 is 24.3 Å². The quantitative estimate of drug-likeness (QED) is 0.0415. The zero-order valence-corrected chi connectivity index (χ0v) is 94.7. The Morgan fingerprint density at radius 2 is 0.341 bits per heavy atom. The van der Waals surface area contributed by atoms with E-state index in [1.165, 1.54) is 379 Å². The number of ether oxygens (including phenoxy) is 6. The van der Waals surface area contributed by atoms with E-state index >= 15 is 0 Å². The van der Waals surface area contributed by atoms with Gasteiger partial charge < -0.3 is 28.4 Å². The van der Waals surface area contributed by atoms with Crippen LogP contribution in [-0.2, 0) is 0 Å². The fraction of sp³-hybridized carbons (Fsp3) is 0.829. The largest absolute Gasteiger partial charge is 0.493 e. The molecule has 0 bridgehead atoms. The van der Waals surface area contributed by atoms with Gasteiger partial charge >= 0.3 is 0 Å². The topological polar surface area (TPSA) is 55.4 Å². The zero-order valence-electron chi connectivity index (χ0n) is 94.7. The molecule has 0 spiro atoms. The van der Waals surface area contributed by atoms with Gasteiger partial charge in [0.2, 0.25) is 0 Å². The first kappa shape index (κ1) is 125. The maximum atomic E-state index is 7.59. The summed E-state index contributed by atoms with van der Waals surface area (Å²) >= 11 is 0. The Balaban J connectivity index is 2.56. The number of unbranched alkanes of at least 4 members (excludes halogenated alkanes) is 6. The molecule has 0 radical (unpaired) electrons. The molecule has 3 aromatic carbocycles. The molecule has 135 heavy (non-hydrogen) atoms. The van der Waals surface area contributed by atoms with E-state index in [1.54, 1.807) is 0 Å². The normalized spacial score (nSPS) is 16.1. The fourth-order valence-electron chi connectivity index (χ4n) is 22.2. The van der Waals surface area contributed by atoms with Crippen molar-refractivity contribution in [2.24, 2.45) is 107 Å². The molecule has 0 saturated heterocycles. The van der Waals surface area contributed by atoms with E-state index in [4.69, 9.17) is 28.4 Å². The summed E-state index contributed by atoms with van der Waals surface area (Å²) in [4.78, 5) is 0. The van der Waals surface area contributed by atoms with Crippen molar-refractivity contribution in [3.63, 3.8) is 0 Å². The lowest BCUT2D eigenvalue weighted by molar-refractivity contribution is 0.199. The predicted molar refractivity (Wildman–Crippen MR) is 602 cm³/mol. The number of rotatable bonds is 93. The molecular weight excluding hydrogens is 1650 g/mol. The van der Waals surface area contributed by atoms with Gasteiger partial charge in [-0.05, 0) is 207 Å². The standard InChI is InChI=1S/C129H232O6/c1-25-49-103(14)61-38-44-67-117(79-73-109(20)55-31-7)97-131-123-94-128(134-100-120(82-76-112(23)58-34-10)70-47-41-64-106(17)52-28-4)125(129(95-123)135-101-121(83-77-113(24)59-35-11)71-48-42-65-107(18)53-29-5)91-89-115-86-84-114(85-87-115)88-90-124-126(132-98-118(80-74-110(21)56-32-8)68-45-39-62-104(15)50-26-2)92-122(130-96-116(78-72-108(19)54-30-6)66-43-37-60-102(13)36-12)93-127(124)133-99-119(81-75-111(22)57-33-9)69-46-40-63-105(16)51-27-3/h84-95,102-113,116-121H,25-83,96-101H2,1-24H3/b90-88+,91-89+. The van der Waals surface area contributed by atoms with Crippen LogP contribution in [0.4, 0.5) is 0 Å². The van der Waals surface area contributed by atoms with Crippen molar-refractivity contribution in [1.82, 2.24) is 0 Å². The molecule has 0 aliphatic carbocycles. The summed E-state index contributed by atoms with van der Waals surface area (Å²) in [6.07, 6.45) is 83.9. The van der Waals surface area contributed by atoms with E-state index in [2.05, 4.69) is 239 Å². The van der Waals surface area contributed by atoms with E-state index in [0.29, 0.717) is 85.6 Å². The summed E-state index contributed by atoms with van der Waals surface area (Å²) < 4.78 is 45.0. The predicted octanol–water partition coefficient (Wildman–Crippen LogP) is 42.9. The third-order valence-corrected chi connectivity index (χ3v) is 31.9. The Kier molecular flexibility index (Phi) is 75.4. The first-order valence-corrected chi connectivity index (χ1v) is 60.0. The maximum Gasteiger partial charge on any atom is 0.133 e. The number of hydrogen-bond donors (Lipinski definition) is 0. The highest BCUT2D eigenvalue weighted by molar-refractivity contribution is 5.79. The van der Waals surface area contributed by atoms with Crippen molar-refractivity contribution in [2.45, 2.75) is 545 Å². The molecule has 6 heteroatoms. The lowest BCUT2D eigenvalue weighted by atomic mass is 9.90. The average molecular weight is 1880 g/mol. The van der Waals surface area contributed by atoms with Crippen molar-refractivity contribution in [2.75, 3.05) is 39.6 Å². The minimum Gasteiger partial charge on any atom is -0.493 e. The van der Waals surface area contributed by atoms with Gasteiger partial charge in [-0.25, -0.2) is 0 Å². The number of hydrogen-bond acceptors (Lipinski definition) is 6. The Hall–Kier alpha value is -4.06. The van der Waals surface area contributed by atoms with Crippen LogP contribution in [-0.4, -0.2) is 39.6 Å². The van der Waals surface area contributed by atoms with E-state index < -0.39 is 0 Å². The lowest BCUT2D eigenvalue weighted by Crippen LogP contribution is -2.17. The highest BCUT2D eigenvalue weighted by Gasteiger charge is 2.26. The first-order valence-electron chi connectivity index (χ1n) is 60.0. The van der Waals surface area contributed by atoms with Crippen molar-refractivity contribution in [1.29, 1.82) is 0 Å². The monoisotopic (exact) mass is 1880 g/mol. The van der Waals surface area contributed by atoms with Crippen LogP contribution in [0.2, 0.25) is 0 Å². The summed E-state index contributed by atoms with van der Waals surface area (Å²) in [5.74, 6) is 17.2. The maximum absolute atomic E-state index is 7.59. The van der Waals surface area contributed by atoms with Crippen LogP contribution >= 0.6 is 0 Å². The summed E-state index contributed by atoms with van der Waals surface area (Å²) in [6, 6.07) is 18.5. The molecule has 0 fully saturated rings. The Morgan fingerprint density at radius 3 is 0.519 bits per heavy atom. The summed E-state index contributed by atoms with van der Waals surface area (Å²) in [6.45, 7) is 62.2. The van der Waals surface area contributed by atoms with Gasteiger partial charge in [0.1, 0.15) is 34.5 Å². The molecule has 18 atom stereocenters. The Morgan fingerprint density at radius 1 is 0.178 bits per heavy atom. The van der Waals surface area contributed by atoms with Gasteiger partial charge in [-0.1, -0.05) is 504 Å². The van der Waals surface area contributed by atoms with Gasteiger partial charge in [0.15, 0.2) is 0 Å². The molecule has 0 aliphatic heterocycles. The molecule has 6 nitrogen and oxygen atoms in total. The summed E-state index contributed by atoms with van der Waals surface area (Å²) in [7, 11) is 0. The molecule has 18 unspecified atom stereocenters. The fourth-order valence-corrected chi connectivity index (χ4v) is 22.2. The summed E-state index contributed by atoms with van der Waals surface area (Å²) in [5.41, 5.74) is 4.37. The molecule has 0 saturated carbocycles. The minimum atomic E-state index is 0.462. The molecule has 0 heterocycles. The van der Waals surface area contributed by atoms with Crippen molar-refractivity contribution in [3.8, 4) is 34.5 Å². The second kappa shape index (κ2) is 81.4. The summed E-state index contributed by atoms with van der Waals surface area (Å²) in [5, 5.41) is 0. The smallest absolute Gasteiger partial charge is 0.133 e. The first-order chi connectivity index (χ1) is 65.4. The molecule has 3 rings (SSSR count). The highest BCUT2D eigenvalue weighted by Crippen LogP contribution is 2.43. The van der Waals surface area contributed by atoms with Gasteiger partial charge in [0, 0.05) is 24.3 Å². The molecule has 0 amide bonds. The molecule has 3 aromatic rings. The second-order valence-electron chi connectivity index (χ2n) is 46.6. The molecule has 0 aromatic heterocycles. The van der Waals surface area contributed by atoms with Crippen molar-refractivity contribution in [3.05, 3.63) is 70.8 Å². The van der Waals surface area contributed by atoms with Crippen LogP contribution in [0.3, 0.4) is 0 Å². The van der Waals surface area contributed by atoms with Gasteiger partial charge in [0.05, 0.1) is 50.8 Å². The van der Waals surface area contributed by atoms with Crippen LogP contribution in [0.5, 0.6) is 34.5 Å². The van der Waals surface area contributed by atoms with Gasteiger partial charge in [0.25, 0.3) is 0 Å². The van der Waals surface area contributed by atoms with Gasteiger partial charge in [-0.3, -0.25) is 0 Å². The Bertz CT molecular complexity index is 3080. The van der Waals surface area contributed by atoms with E-state index in [9.17, 15) is 0 Å². The van der Waals surface area contributed by atoms with Crippen LogP contribution in [0.25, 0.3) is 24.3 Å². The van der Waals surface area contributed by atoms with Gasteiger partial charge in [-0.15, -0.1) is 0 Å². The average Bonchev–Trinajstić information content (AvgIpc) is 0.818. The third-order valence-electron chi connectivity index (χ3n) is 31.9.